The zero-order valence-corrected chi connectivity index (χ0v) is 14.8. The fraction of sp³-hybridized carbons (Fsp3) is 0.824. The maximum atomic E-state index is 6.33. The van der Waals surface area contributed by atoms with Crippen molar-refractivity contribution in [3.8, 4) is 0 Å². The van der Waals surface area contributed by atoms with Crippen molar-refractivity contribution < 1.29 is 0 Å². The van der Waals surface area contributed by atoms with Gasteiger partial charge in [0.1, 0.15) is 0 Å². The van der Waals surface area contributed by atoms with Gasteiger partial charge in [0.25, 0.3) is 0 Å². The summed E-state index contributed by atoms with van der Waals surface area (Å²) < 4.78 is 2.06. The van der Waals surface area contributed by atoms with Crippen LogP contribution in [0.25, 0.3) is 0 Å². The van der Waals surface area contributed by atoms with Crippen LogP contribution in [-0.4, -0.2) is 16.8 Å². The smallest absolute Gasteiger partial charge is 0.0834 e. The molecule has 3 nitrogen and oxygen atoms in total. The van der Waals surface area contributed by atoms with E-state index in [2.05, 4.69) is 28.9 Å². The molecule has 1 aromatic rings. The molecule has 1 unspecified atom stereocenters. The zero-order valence-electron chi connectivity index (χ0n) is 14.0. The van der Waals surface area contributed by atoms with E-state index in [0.717, 1.165) is 30.1 Å². The molecular weight excluding hydrogens is 282 g/mol. The van der Waals surface area contributed by atoms with Crippen LogP contribution in [0.15, 0.2) is 6.20 Å². The van der Waals surface area contributed by atoms with E-state index >= 15 is 0 Å². The average Bonchev–Trinajstić information content (AvgIpc) is 2.84. The Morgan fingerprint density at radius 1 is 1.10 bits per heavy atom. The first-order chi connectivity index (χ1) is 10.2. The minimum atomic E-state index is 0.321. The number of nitrogens with zero attached hydrogens (tertiary/aromatic N) is 2. The second-order valence-corrected chi connectivity index (χ2v) is 6.26. The van der Waals surface area contributed by atoms with Gasteiger partial charge < -0.3 is 5.32 Å². The van der Waals surface area contributed by atoms with Gasteiger partial charge in [0.15, 0.2) is 0 Å². The van der Waals surface area contributed by atoms with E-state index in [9.17, 15) is 0 Å². The first-order valence-electron chi connectivity index (χ1n) is 8.63. The van der Waals surface area contributed by atoms with Gasteiger partial charge in [-0.1, -0.05) is 70.4 Å². The van der Waals surface area contributed by atoms with Crippen LogP contribution in [0.5, 0.6) is 0 Å². The normalized spacial score (nSPS) is 12.8. The minimum Gasteiger partial charge on any atom is -0.312 e. The number of hydrogen-bond donors (Lipinski definition) is 1. The lowest BCUT2D eigenvalue weighted by atomic mass is 10.0. The van der Waals surface area contributed by atoms with Gasteiger partial charge >= 0.3 is 0 Å². The number of unbranched alkanes of at least 4 members (excludes halogenated alkanes) is 6. The highest BCUT2D eigenvalue weighted by molar-refractivity contribution is 6.31. The van der Waals surface area contributed by atoms with Crippen LogP contribution in [0.1, 0.15) is 83.4 Å². The summed E-state index contributed by atoms with van der Waals surface area (Å²) >= 11 is 6.33. The number of halogens is 1. The molecule has 1 heterocycles. The average molecular weight is 314 g/mol. The Kier molecular flexibility index (Phi) is 9.77. The highest BCUT2D eigenvalue weighted by atomic mass is 35.5. The van der Waals surface area contributed by atoms with Gasteiger partial charge in [-0.2, -0.15) is 5.10 Å². The summed E-state index contributed by atoms with van der Waals surface area (Å²) in [6, 6.07) is 0.321. The summed E-state index contributed by atoms with van der Waals surface area (Å²) in [6.07, 6.45) is 13.4. The third-order valence-corrected chi connectivity index (χ3v) is 4.33. The number of aryl methyl sites for hydroxylation is 1. The van der Waals surface area contributed by atoms with Crippen molar-refractivity contribution in [1.82, 2.24) is 15.1 Å². The van der Waals surface area contributed by atoms with Gasteiger partial charge in [0, 0.05) is 6.54 Å². The molecule has 0 amide bonds. The Bertz CT molecular complexity index is 376. The molecule has 0 aromatic carbocycles. The van der Waals surface area contributed by atoms with E-state index in [4.69, 9.17) is 11.6 Å². The third kappa shape index (κ3) is 6.39. The van der Waals surface area contributed by atoms with E-state index < -0.39 is 0 Å². The van der Waals surface area contributed by atoms with E-state index in [1.165, 1.54) is 44.9 Å². The Morgan fingerprint density at radius 2 is 1.76 bits per heavy atom. The molecule has 1 aromatic heterocycles. The molecule has 0 spiro atoms. The second kappa shape index (κ2) is 11.1. The Labute approximate surface area is 135 Å². The molecule has 0 radical (unpaired) electrons. The highest BCUT2D eigenvalue weighted by Crippen LogP contribution is 2.27. The Balaban J connectivity index is 2.39. The number of hydrogen-bond acceptors (Lipinski definition) is 2. The molecule has 0 bridgehead atoms. The standard InChI is InChI=1S/C17H32ClN3/c1-4-6-7-8-9-10-11-12-16(19-3)17-15(18)14-20-21(17)13-5-2/h14,16,19H,4-13H2,1-3H3. The van der Waals surface area contributed by atoms with Crippen molar-refractivity contribution in [1.29, 1.82) is 0 Å². The Hall–Kier alpha value is -0.540. The predicted octanol–water partition coefficient (Wildman–Crippen LogP) is 5.35. The summed E-state index contributed by atoms with van der Waals surface area (Å²) in [6.45, 7) is 5.38. The van der Waals surface area contributed by atoms with Crippen LogP contribution in [0.4, 0.5) is 0 Å². The first-order valence-corrected chi connectivity index (χ1v) is 9.00. The van der Waals surface area contributed by atoms with Crippen LogP contribution in [-0.2, 0) is 6.54 Å². The van der Waals surface area contributed by atoms with Crippen molar-refractivity contribution in [2.45, 2.75) is 84.2 Å². The summed E-state index contributed by atoms with van der Waals surface area (Å²) in [4.78, 5) is 0. The lowest BCUT2D eigenvalue weighted by Gasteiger charge is -2.18. The van der Waals surface area contributed by atoms with Crippen LogP contribution in [0.2, 0.25) is 5.02 Å². The monoisotopic (exact) mass is 313 g/mol. The van der Waals surface area contributed by atoms with Crippen molar-refractivity contribution in [3.05, 3.63) is 16.9 Å². The molecule has 1 N–H and O–H groups in total. The number of rotatable bonds is 12. The fourth-order valence-electron chi connectivity index (χ4n) is 2.83. The van der Waals surface area contributed by atoms with Crippen LogP contribution in [0.3, 0.4) is 0 Å². The van der Waals surface area contributed by atoms with Crippen LogP contribution in [0, 0.1) is 0 Å². The maximum absolute atomic E-state index is 6.33. The molecule has 0 saturated heterocycles. The molecule has 4 heteroatoms. The summed E-state index contributed by atoms with van der Waals surface area (Å²) in [5, 5.41) is 8.60. The third-order valence-electron chi connectivity index (χ3n) is 4.04. The zero-order chi connectivity index (χ0) is 15.5. The molecule has 0 fully saturated rings. The van der Waals surface area contributed by atoms with E-state index in [-0.39, 0.29) is 0 Å². The molecule has 21 heavy (non-hydrogen) atoms. The minimum absolute atomic E-state index is 0.321. The molecule has 1 atom stereocenters. The van der Waals surface area contributed by atoms with E-state index in [1.807, 2.05) is 7.05 Å². The van der Waals surface area contributed by atoms with Gasteiger partial charge in [-0.25, -0.2) is 0 Å². The quantitative estimate of drug-likeness (QED) is 0.527. The summed E-state index contributed by atoms with van der Waals surface area (Å²) in [5.41, 5.74) is 1.16. The molecule has 122 valence electrons. The van der Waals surface area contributed by atoms with Crippen molar-refractivity contribution in [2.75, 3.05) is 7.05 Å². The molecule has 0 aliphatic carbocycles. The largest absolute Gasteiger partial charge is 0.312 e. The second-order valence-electron chi connectivity index (χ2n) is 5.85. The van der Waals surface area contributed by atoms with Crippen molar-refractivity contribution in [2.24, 2.45) is 0 Å². The Morgan fingerprint density at radius 3 is 2.38 bits per heavy atom. The van der Waals surface area contributed by atoms with Crippen LogP contribution >= 0.6 is 11.6 Å². The van der Waals surface area contributed by atoms with Crippen molar-refractivity contribution in [3.63, 3.8) is 0 Å². The van der Waals surface area contributed by atoms with E-state index in [1.54, 1.807) is 6.20 Å². The molecule has 0 aliphatic heterocycles. The van der Waals surface area contributed by atoms with Gasteiger partial charge in [-0.05, 0) is 19.9 Å². The van der Waals surface area contributed by atoms with Gasteiger partial charge in [-0.3, -0.25) is 4.68 Å². The topological polar surface area (TPSA) is 29.9 Å². The summed E-state index contributed by atoms with van der Waals surface area (Å²) in [7, 11) is 2.02. The molecule has 0 aliphatic rings. The van der Waals surface area contributed by atoms with Gasteiger partial charge in [-0.15, -0.1) is 0 Å². The fourth-order valence-corrected chi connectivity index (χ4v) is 3.10. The van der Waals surface area contributed by atoms with Gasteiger partial charge in [0.05, 0.1) is 23.0 Å². The number of nitrogens with one attached hydrogen (secondary N) is 1. The SMILES string of the molecule is CCCCCCCCCC(NC)c1c(Cl)cnn1CCC. The van der Waals surface area contributed by atoms with Crippen molar-refractivity contribution >= 4 is 11.6 Å². The summed E-state index contributed by atoms with van der Waals surface area (Å²) in [5.74, 6) is 0. The molecule has 1 rings (SSSR count). The maximum Gasteiger partial charge on any atom is 0.0834 e. The molecule has 0 saturated carbocycles. The lowest BCUT2D eigenvalue weighted by Crippen LogP contribution is -2.21. The predicted molar refractivity (Wildman–Crippen MR) is 91.9 cm³/mol. The lowest BCUT2D eigenvalue weighted by molar-refractivity contribution is 0.453. The number of aromatic nitrogens is 2. The highest BCUT2D eigenvalue weighted by Gasteiger charge is 2.18. The molecular formula is C17H32ClN3. The van der Waals surface area contributed by atoms with Gasteiger partial charge in [0.2, 0.25) is 0 Å². The van der Waals surface area contributed by atoms with E-state index in [0.29, 0.717) is 6.04 Å². The first kappa shape index (κ1) is 18.5. The van der Waals surface area contributed by atoms with Crippen LogP contribution < -0.4 is 5.32 Å².